The van der Waals surface area contributed by atoms with Crippen LogP contribution in [0.1, 0.15) is 65.4 Å². The van der Waals surface area contributed by atoms with Gasteiger partial charge in [0.1, 0.15) is 5.92 Å². The maximum Gasteiger partial charge on any atom is 0.315 e. The highest BCUT2D eigenvalue weighted by Gasteiger charge is 2.46. The summed E-state index contributed by atoms with van der Waals surface area (Å²) in [5.74, 6) is -0.182. The van der Waals surface area contributed by atoms with Gasteiger partial charge in [0.15, 0.2) is 17.3 Å². The molecule has 2 aliphatic rings. The van der Waals surface area contributed by atoms with Crippen LogP contribution >= 0.6 is 0 Å². The minimum atomic E-state index is -0.641. The molecule has 0 fully saturated rings. The SMILES string of the molecule is CCCOC(=O)C1C(C)=NC2=C(C(=O)CC(C)(C)C2)[C@H]1c1ccc(OCC)c(OC)c1. The van der Waals surface area contributed by atoms with Gasteiger partial charge in [-0.25, -0.2) is 0 Å². The number of aliphatic imine (C=N–C) groups is 1. The Kier molecular flexibility index (Phi) is 6.87. The third-order valence-electron chi connectivity index (χ3n) is 5.85. The number of rotatable bonds is 7. The average Bonchev–Trinajstić information content (AvgIpc) is 2.70. The van der Waals surface area contributed by atoms with Crippen molar-refractivity contribution in [2.75, 3.05) is 20.3 Å². The number of hydrogen-bond donors (Lipinski definition) is 0. The van der Waals surface area contributed by atoms with Gasteiger partial charge in [-0.15, -0.1) is 0 Å². The lowest BCUT2D eigenvalue weighted by atomic mass is 9.67. The summed E-state index contributed by atoms with van der Waals surface area (Å²) >= 11 is 0. The van der Waals surface area contributed by atoms with Gasteiger partial charge < -0.3 is 14.2 Å². The summed E-state index contributed by atoms with van der Waals surface area (Å²) in [6, 6.07) is 5.62. The van der Waals surface area contributed by atoms with Crippen LogP contribution in [0.15, 0.2) is 34.5 Å². The van der Waals surface area contributed by atoms with Gasteiger partial charge in [-0.2, -0.15) is 0 Å². The van der Waals surface area contributed by atoms with E-state index >= 15 is 0 Å². The van der Waals surface area contributed by atoms with Crippen LogP contribution in [0.2, 0.25) is 0 Å². The first-order valence-corrected chi connectivity index (χ1v) is 11.0. The van der Waals surface area contributed by atoms with Crippen LogP contribution in [-0.2, 0) is 14.3 Å². The van der Waals surface area contributed by atoms with E-state index in [2.05, 4.69) is 13.8 Å². The number of carbonyl (C=O) groups is 2. The summed E-state index contributed by atoms with van der Waals surface area (Å²) in [6.07, 6.45) is 1.87. The molecule has 1 aromatic carbocycles. The molecule has 6 heteroatoms. The molecule has 1 aliphatic carbocycles. The quantitative estimate of drug-likeness (QED) is 0.581. The number of ether oxygens (including phenoxy) is 3. The van der Waals surface area contributed by atoms with Crippen LogP contribution in [0.3, 0.4) is 0 Å². The number of esters is 1. The van der Waals surface area contributed by atoms with Crippen LogP contribution in [0.25, 0.3) is 0 Å². The van der Waals surface area contributed by atoms with E-state index in [1.54, 1.807) is 7.11 Å². The Balaban J connectivity index is 2.15. The number of carbonyl (C=O) groups excluding carboxylic acids is 2. The summed E-state index contributed by atoms with van der Waals surface area (Å²) in [6.45, 7) is 10.7. The molecule has 1 heterocycles. The van der Waals surface area contributed by atoms with Gasteiger partial charge in [-0.05, 0) is 49.8 Å². The summed E-state index contributed by atoms with van der Waals surface area (Å²) in [7, 11) is 1.58. The predicted molar refractivity (Wildman–Crippen MR) is 120 cm³/mol. The maximum absolute atomic E-state index is 13.3. The molecule has 1 unspecified atom stereocenters. The zero-order valence-corrected chi connectivity index (χ0v) is 19.4. The number of allylic oxidation sites excluding steroid dienone is 2. The fourth-order valence-electron chi connectivity index (χ4n) is 4.56. The van der Waals surface area contributed by atoms with Crippen molar-refractivity contribution in [2.45, 2.75) is 59.8 Å². The molecular weight excluding hydrogens is 394 g/mol. The smallest absolute Gasteiger partial charge is 0.315 e. The molecule has 3 rings (SSSR count). The Bertz CT molecular complexity index is 928. The highest BCUT2D eigenvalue weighted by Crippen LogP contribution is 2.48. The van der Waals surface area contributed by atoms with E-state index < -0.39 is 11.8 Å². The summed E-state index contributed by atoms with van der Waals surface area (Å²) in [5, 5.41) is 0. The standard InChI is InChI=1S/C25H33NO5/c1-7-11-31-24(28)21-15(3)26-17-13-25(4,5)14-18(27)23(17)22(21)16-9-10-19(30-8-2)20(12-16)29-6/h9-10,12,21-22H,7-8,11,13-14H2,1-6H3/t21?,22-/m0/s1. The van der Waals surface area contributed by atoms with Gasteiger partial charge in [0.2, 0.25) is 0 Å². The van der Waals surface area contributed by atoms with E-state index in [-0.39, 0.29) is 17.2 Å². The third kappa shape index (κ3) is 4.68. The average molecular weight is 428 g/mol. The van der Waals surface area contributed by atoms with Gasteiger partial charge >= 0.3 is 5.97 Å². The van der Waals surface area contributed by atoms with Crippen molar-refractivity contribution in [1.29, 1.82) is 0 Å². The number of nitrogens with zero attached hydrogens (tertiary/aromatic N) is 1. The lowest BCUT2D eigenvalue weighted by Crippen LogP contribution is -2.39. The molecule has 1 aromatic rings. The second-order valence-electron chi connectivity index (χ2n) is 9.02. The highest BCUT2D eigenvalue weighted by atomic mass is 16.5. The topological polar surface area (TPSA) is 74.2 Å². The van der Waals surface area contributed by atoms with Gasteiger partial charge in [0.25, 0.3) is 0 Å². The third-order valence-corrected chi connectivity index (χ3v) is 5.85. The Hall–Kier alpha value is -2.63. The number of methoxy groups -OCH3 is 1. The first-order chi connectivity index (χ1) is 14.7. The maximum atomic E-state index is 13.3. The minimum Gasteiger partial charge on any atom is -0.493 e. The number of ketones is 1. The fourth-order valence-corrected chi connectivity index (χ4v) is 4.56. The van der Waals surface area contributed by atoms with Gasteiger partial charge in [-0.3, -0.25) is 14.6 Å². The summed E-state index contributed by atoms with van der Waals surface area (Å²) in [5.41, 5.74) is 2.78. The van der Waals surface area contributed by atoms with E-state index in [9.17, 15) is 9.59 Å². The zero-order valence-electron chi connectivity index (χ0n) is 19.4. The largest absolute Gasteiger partial charge is 0.493 e. The molecule has 0 aromatic heterocycles. The van der Waals surface area contributed by atoms with Crippen LogP contribution in [-0.4, -0.2) is 37.8 Å². The van der Waals surface area contributed by atoms with Crippen LogP contribution in [0, 0.1) is 11.3 Å². The van der Waals surface area contributed by atoms with Crippen LogP contribution < -0.4 is 9.47 Å². The molecule has 0 spiro atoms. The molecule has 0 bridgehead atoms. The Morgan fingerprint density at radius 3 is 2.58 bits per heavy atom. The number of benzene rings is 1. The first kappa shape index (κ1) is 23.0. The molecule has 31 heavy (non-hydrogen) atoms. The van der Waals surface area contributed by atoms with Crippen LogP contribution in [0.4, 0.5) is 0 Å². The van der Waals surface area contributed by atoms with Crippen molar-refractivity contribution >= 4 is 17.5 Å². The van der Waals surface area contributed by atoms with Gasteiger partial charge in [-0.1, -0.05) is 26.8 Å². The molecule has 1 aliphatic heterocycles. The van der Waals surface area contributed by atoms with Gasteiger partial charge in [0, 0.05) is 29.3 Å². The van der Waals surface area contributed by atoms with E-state index in [1.165, 1.54) is 0 Å². The molecule has 6 nitrogen and oxygen atoms in total. The Labute approximate surface area is 184 Å². The molecular formula is C25H33NO5. The Morgan fingerprint density at radius 2 is 1.94 bits per heavy atom. The van der Waals surface area contributed by atoms with E-state index in [1.807, 2.05) is 39.0 Å². The normalized spacial score (nSPS) is 22.5. The predicted octanol–water partition coefficient (Wildman–Crippen LogP) is 4.86. The number of Topliss-reactive ketones (excluding diaryl/α,β-unsaturated/α-hetero) is 1. The van der Waals surface area contributed by atoms with E-state index in [0.29, 0.717) is 48.8 Å². The molecule has 0 saturated heterocycles. The monoisotopic (exact) mass is 427 g/mol. The fraction of sp³-hybridized carbons (Fsp3) is 0.560. The molecule has 0 N–H and O–H groups in total. The van der Waals surface area contributed by atoms with Crippen LogP contribution in [0.5, 0.6) is 11.5 Å². The molecule has 0 saturated carbocycles. The van der Waals surface area contributed by atoms with E-state index in [0.717, 1.165) is 17.7 Å². The van der Waals surface area contributed by atoms with Crippen molar-refractivity contribution < 1.29 is 23.8 Å². The summed E-state index contributed by atoms with van der Waals surface area (Å²) in [4.78, 5) is 31.1. The second kappa shape index (κ2) is 9.25. The van der Waals surface area contributed by atoms with Crippen molar-refractivity contribution in [1.82, 2.24) is 0 Å². The van der Waals surface area contributed by atoms with Crippen molar-refractivity contribution in [3.8, 4) is 11.5 Å². The lowest BCUT2D eigenvalue weighted by molar-refractivity contribution is -0.146. The zero-order chi connectivity index (χ0) is 22.8. The minimum absolute atomic E-state index is 0.0497. The molecule has 168 valence electrons. The molecule has 2 atom stereocenters. The lowest BCUT2D eigenvalue weighted by Gasteiger charge is -2.39. The van der Waals surface area contributed by atoms with Crippen molar-refractivity contribution in [3.63, 3.8) is 0 Å². The molecule has 0 amide bonds. The first-order valence-electron chi connectivity index (χ1n) is 11.0. The molecule has 0 radical (unpaired) electrons. The van der Waals surface area contributed by atoms with Gasteiger partial charge in [0.05, 0.1) is 20.3 Å². The van der Waals surface area contributed by atoms with Crippen molar-refractivity contribution in [2.24, 2.45) is 16.3 Å². The highest BCUT2D eigenvalue weighted by molar-refractivity contribution is 6.09. The van der Waals surface area contributed by atoms with Crippen molar-refractivity contribution in [3.05, 3.63) is 35.0 Å². The summed E-state index contributed by atoms with van der Waals surface area (Å²) < 4.78 is 16.7. The van der Waals surface area contributed by atoms with E-state index in [4.69, 9.17) is 19.2 Å². The number of hydrogen-bond acceptors (Lipinski definition) is 6. The Morgan fingerprint density at radius 1 is 1.19 bits per heavy atom. The second-order valence-corrected chi connectivity index (χ2v) is 9.02.